The van der Waals surface area contributed by atoms with Gasteiger partial charge < -0.3 is 9.47 Å². The molecule has 0 radical (unpaired) electrons. The van der Waals surface area contributed by atoms with Gasteiger partial charge in [-0.25, -0.2) is 4.99 Å². The van der Waals surface area contributed by atoms with Crippen molar-refractivity contribution in [2.24, 2.45) is 9.98 Å². The molecule has 1 aromatic heterocycles. The Morgan fingerprint density at radius 1 is 0.483 bits per heavy atom. The van der Waals surface area contributed by atoms with Gasteiger partial charge in [0, 0.05) is 45.7 Å². The lowest BCUT2D eigenvalue weighted by Gasteiger charge is -2.28. The Kier molecular flexibility index (Phi) is 8.09. The van der Waals surface area contributed by atoms with Crippen molar-refractivity contribution in [2.45, 2.75) is 24.4 Å². The standard InChI is InChI=1S/C56H40N4/c1-3-14-38(15-4-1)50-36-51(58-56(57-50)43-24-23-37-13-7-8-16-40(37)33-43)39-25-29-45(30-26-39)60-53-22-12-10-20-47(53)49-35-42(28-32-55(49)60)41-27-31-54-48(34-41)46-19-9-11-21-52(46)59(54)44-17-5-2-6-18-44/h1-35,46,50,52H,36H2. The fraction of sp³-hybridized carbons (Fsp3) is 0.0714. The van der Waals surface area contributed by atoms with Gasteiger partial charge in [-0.1, -0.05) is 152 Å². The smallest absolute Gasteiger partial charge is 0.155 e. The molecule has 3 aliphatic rings. The van der Waals surface area contributed by atoms with Crippen molar-refractivity contribution >= 4 is 55.5 Å². The quantitative estimate of drug-likeness (QED) is 0.166. The largest absolute Gasteiger partial charge is 0.333 e. The van der Waals surface area contributed by atoms with E-state index in [9.17, 15) is 0 Å². The first-order valence-electron chi connectivity index (χ1n) is 20.9. The maximum Gasteiger partial charge on any atom is 0.155 e. The van der Waals surface area contributed by atoms with Crippen molar-refractivity contribution in [1.82, 2.24) is 4.57 Å². The molecule has 3 unspecified atom stereocenters. The van der Waals surface area contributed by atoms with E-state index in [4.69, 9.17) is 9.98 Å². The third-order valence-electron chi connectivity index (χ3n) is 12.6. The minimum absolute atomic E-state index is 0.0164. The van der Waals surface area contributed by atoms with Gasteiger partial charge >= 0.3 is 0 Å². The number of allylic oxidation sites excluding steroid dienone is 2. The summed E-state index contributed by atoms with van der Waals surface area (Å²) < 4.78 is 2.40. The molecular weight excluding hydrogens is 729 g/mol. The van der Waals surface area contributed by atoms with Crippen LogP contribution in [0.3, 0.4) is 0 Å². The van der Waals surface area contributed by atoms with Crippen molar-refractivity contribution < 1.29 is 0 Å². The predicted molar refractivity (Wildman–Crippen MR) is 250 cm³/mol. The van der Waals surface area contributed by atoms with Crippen molar-refractivity contribution in [2.75, 3.05) is 4.90 Å². The van der Waals surface area contributed by atoms with Crippen molar-refractivity contribution in [3.8, 4) is 16.8 Å². The van der Waals surface area contributed by atoms with E-state index in [0.717, 1.165) is 34.8 Å². The molecular formula is C56H40N4. The van der Waals surface area contributed by atoms with E-state index in [-0.39, 0.29) is 12.1 Å². The van der Waals surface area contributed by atoms with Gasteiger partial charge in [0.2, 0.25) is 0 Å². The Morgan fingerprint density at radius 2 is 1.17 bits per heavy atom. The molecule has 1 aliphatic carbocycles. The molecule has 0 fully saturated rings. The summed E-state index contributed by atoms with van der Waals surface area (Å²) in [6.07, 6.45) is 9.82. The van der Waals surface area contributed by atoms with Crippen LogP contribution in [-0.4, -0.2) is 22.2 Å². The summed E-state index contributed by atoms with van der Waals surface area (Å²) in [6.45, 7) is 0. The van der Waals surface area contributed by atoms with Gasteiger partial charge in [0.1, 0.15) is 0 Å². The predicted octanol–water partition coefficient (Wildman–Crippen LogP) is 13.7. The molecule has 3 atom stereocenters. The van der Waals surface area contributed by atoms with Crippen LogP contribution in [0.5, 0.6) is 0 Å². The fourth-order valence-electron chi connectivity index (χ4n) is 9.74. The molecule has 2 aliphatic heterocycles. The molecule has 0 bridgehead atoms. The highest BCUT2D eigenvalue weighted by Gasteiger charge is 2.37. The number of hydrogen-bond donors (Lipinski definition) is 0. The molecule has 9 aromatic rings. The van der Waals surface area contributed by atoms with Crippen LogP contribution < -0.4 is 4.90 Å². The van der Waals surface area contributed by atoms with Gasteiger partial charge in [0.25, 0.3) is 0 Å². The lowest BCUT2D eigenvalue weighted by molar-refractivity contribution is 0.745. The van der Waals surface area contributed by atoms with E-state index in [1.54, 1.807) is 0 Å². The summed E-state index contributed by atoms with van der Waals surface area (Å²) in [5.41, 5.74) is 14.2. The van der Waals surface area contributed by atoms with E-state index >= 15 is 0 Å². The van der Waals surface area contributed by atoms with E-state index in [1.807, 2.05) is 0 Å². The number of hydrogen-bond acceptors (Lipinski definition) is 3. The monoisotopic (exact) mass is 768 g/mol. The molecule has 12 rings (SSSR count). The van der Waals surface area contributed by atoms with Crippen LogP contribution in [0.25, 0.3) is 49.4 Å². The number of anilines is 2. The average Bonchev–Trinajstić information content (AvgIpc) is 3.84. The van der Waals surface area contributed by atoms with E-state index < -0.39 is 0 Å². The Labute approximate surface area is 349 Å². The summed E-state index contributed by atoms with van der Waals surface area (Å²) >= 11 is 0. The summed E-state index contributed by atoms with van der Waals surface area (Å²) in [5.74, 6) is 1.09. The van der Waals surface area contributed by atoms with Gasteiger partial charge in [-0.05, 0) is 99.3 Å². The third-order valence-corrected chi connectivity index (χ3v) is 12.6. The Balaban J connectivity index is 0.909. The molecule has 4 heteroatoms. The number of fused-ring (bicyclic) bond motifs is 7. The summed E-state index contributed by atoms with van der Waals surface area (Å²) in [5, 5.41) is 4.89. The van der Waals surface area contributed by atoms with Gasteiger partial charge in [-0.2, -0.15) is 0 Å². The molecule has 8 aromatic carbocycles. The van der Waals surface area contributed by atoms with Crippen LogP contribution >= 0.6 is 0 Å². The first-order chi connectivity index (χ1) is 29.7. The van der Waals surface area contributed by atoms with Crippen LogP contribution in [0.1, 0.15) is 40.6 Å². The number of benzene rings is 8. The summed E-state index contributed by atoms with van der Waals surface area (Å²) in [7, 11) is 0. The molecule has 0 saturated heterocycles. The van der Waals surface area contributed by atoms with Crippen LogP contribution in [0, 0.1) is 0 Å². The van der Waals surface area contributed by atoms with Crippen molar-refractivity contribution in [1.29, 1.82) is 0 Å². The van der Waals surface area contributed by atoms with Crippen LogP contribution in [-0.2, 0) is 0 Å². The minimum Gasteiger partial charge on any atom is -0.333 e. The first-order valence-corrected chi connectivity index (χ1v) is 20.9. The normalized spacial score (nSPS) is 18.1. The highest BCUT2D eigenvalue weighted by molar-refractivity contribution is 6.15. The maximum absolute atomic E-state index is 5.25. The lowest BCUT2D eigenvalue weighted by Crippen LogP contribution is -2.28. The summed E-state index contributed by atoms with van der Waals surface area (Å²) in [4.78, 5) is 13.0. The molecule has 60 heavy (non-hydrogen) atoms. The van der Waals surface area contributed by atoms with E-state index in [0.29, 0.717) is 5.92 Å². The average molecular weight is 769 g/mol. The second kappa shape index (κ2) is 14.1. The second-order valence-corrected chi connectivity index (χ2v) is 16.1. The second-order valence-electron chi connectivity index (χ2n) is 16.1. The molecule has 0 spiro atoms. The van der Waals surface area contributed by atoms with Gasteiger partial charge in [0.05, 0.1) is 28.8 Å². The highest BCUT2D eigenvalue weighted by Crippen LogP contribution is 2.49. The zero-order valence-electron chi connectivity index (χ0n) is 32.9. The minimum atomic E-state index is -0.0164. The zero-order valence-corrected chi connectivity index (χ0v) is 32.9. The Bertz CT molecular complexity index is 3240. The topological polar surface area (TPSA) is 32.9 Å². The Morgan fingerprint density at radius 3 is 2.03 bits per heavy atom. The molecule has 4 nitrogen and oxygen atoms in total. The number of rotatable bonds is 6. The first kappa shape index (κ1) is 34.5. The maximum atomic E-state index is 5.25. The SMILES string of the molecule is C1=CC2c3cc(-c4ccc5c(c4)c4ccccc4n5-c4ccc(C5=NC(c6ccc7ccccc7c6)=NC(c6ccccc6)C5)cc4)ccc3N(c3ccccc3)C2C=C1. The molecule has 3 heterocycles. The zero-order chi connectivity index (χ0) is 39.6. The fourth-order valence-corrected chi connectivity index (χ4v) is 9.74. The van der Waals surface area contributed by atoms with Crippen LogP contribution in [0.15, 0.2) is 222 Å². The van der Waals surface area contributed by atoms with E-state index in [1.165, 1.54) is 66.2 Å². The molecule has 0 amide bonds. The molecule has 0 N–H and O–H groups in total. The lowest BCUT2D eigenvalue weighted by atomic mass is 9.89. The number of para-hydroxylation sites is 2. The number of aliphatic imine (C=N–C) groups is 2. The third kappa shape index (κ3) is 5.75. The van der Waals surface area contributed by atoms with Gasteiger partial charge in [-0.3, -0.25) is 4.99 Å². The van der Waals surface area contributed by atoms with Crippen molar-refractivity contribution in [3.63, 3.8) is 0 Å². The van der Waals surface area contributed by atoms with E-state index in [2.05, 4.69) is 222 Å². The van der Waals surface area contributed by atoms with Crippen LogP contribution in [0.2, 0.25) is 0 Å². The van der Waals surface area contributed by atoms with Crippen molar-refractivity contribution in [3.05, 3.63) is 235 Å². The molecule has 0 saturated carbocycles. The Hall–Kier alpha value is -7.56. The highest BCUT2D eigenvalue weighted by atomic mass is 15.2. The number of aromatic nitrogens is 1. The van der Waals surface area contributed by atoms with Gasteiger partial charge in [0.15, 0.2) is 5.84 Å². The van der Waals surface area contributed by atoms with Crippen LogP contribution in [0.4, 0.5) is 11.4 Å². The molecule has 284 valence electrons. The summed E-state index contributed by atoms with van der Waals surface area (Å²) in [6, 6.07) is 68.4. The van der Waals surface area contributed by atoms with Gasteiger partial charge in [-0.15, -0.1) is 0 Å². The number of amidine groups is 1. The number of nitrogens with zero attached hydrogens (tertiary/aromatic N) is 4.